The number of likely N-dealkylation sites (tertiary alicyclic amines) is 1. The summed E-state index contributed by atoms with van der Waals surface area (Å²) in [6.07, 6.45) is -1.56. The Morgan fingerprint density at radius 3 is 2.43 bits per heavy atom. The first-order valence-electron chi connectivity index (χ1n) is 10.8. The van der Waals surface area contributed by atoms with Crippen LogP contribution in [0.5, 0.6) is 17.4 Å². The molecule has 0 saturated carbocycles. The summed E-state index contributed by atoms with van der Waals surface area (Å²) in [7, 11) is 0. The summed E-state index contributed by atoms with van der Waals surface area (Å²) in [6.45, 7) is -0.125. The fourth-order valence-electron chi connectivity index (χ4n) is 3.51. The van der Waals surface area contributed by atoms with Crippen LogP contribution in [0.1, 0.15) is 16.9 Å². The van der Waals surface area contributed by atoms with E-state index in [-0.39, 0.29) is 35.7 Å². The van der Waals surface area contributed by atoms with Crippen LogP contribution in [0.4, 0.5) is 4.39 Å². The minimum atomic E-state index is -1.04. The SMILES string of the molecule is NC(=O)c1cc(O[C@H]2CCN(CC(O)CO)C2=O)nc(-c2ccc(Oc3ccc(F)cc3)cc2)n1. The first-order chi connectivity index (χ1) is 16.8. The smallest absolute Gasteiger partial charge is 0.267 e. The third-order valence-corrected chi connectivity index (χ3v) is 5.27. The topological polar surface area (TPSA) is 148 Å². The van der Waals surface area contributed by atoms with Gasteiger partial charge in [0.15, 0.2) is 11.9 Å². The summed E-state index contributed by atoms with van der Waals surface area (Å²) >= 11 is 0. The van der Waals surface area contributed by atoms with Crippen LogP contribution < -0.4 is 15.2 Å². The van der Waals surface area contributed by atoms with Gasteiger partial charge in [-0.25, -0.2) is 9.37 Å². The maximum Gasteiger partial charge on any atom is 0.267 e. The molecule has 10 nitrogen and oxygen atoms in total. The summed E-state index contributed by atoms with van der Waals surface area (Å²) in [5, 5.41) is 18.6. The van der Waals surface area contributed by atoms with Crippen molar-refractivity contribution in [1.82, 2.24) is 14.9 Å². The van der Waals surface area contributed by atoms with Crippen LogP contribution in [0.2, 0.25) is 0 Å². The Hall–Kier alpha value is -4.09. The van der Waals surface area contributed by atoms with E-state index in [1.165, 1.54) is 35.2 Å². The van der Waals surface area contributed by atoms with Crippen molar-refractivity contribution in [1.29, 1.82) is 0 Å². The van der Waals surface area contributed by atoms with E-state index in [0.717, 1.165) is 0 Å². The first kappa shape index (κ1) is 24.0. The third kappa shape index (κ3) is 5.89. The van der Waals surface area contributed by atoms with Crippen molar-refractivity contribution in [2.45, 2.75) is 18.6 Å². The summed E-state index contributed by atoms with van der Waals surface area (Å²) in [4.78, 5) is 34.3. The zero-order valence-electron chi connectivity index (χ0n) is 18.5. The number of hydrogen-bond acceptors (Lipinski definition) is 8. The fourth-order valence-corrected chi connectivity index (χ4v) is 3.51. The van der Waals surface area contributed by atoms with Gasteiger partial charge in [-0.1, -0.05) is 0 Å². The molecule has 1 saturated heterocycles. The van der Waals surface area contributed by atoms with Gasteiger partial charge in [-0.05, 0) is 48.5 Å². The van der Waals surface area contributed by atoms with Crippen LogP contribution in [0.15, 0.2) is 54.6 Å². The van der Waals surface area contributed by atoms with Gasteiger partial charge in [0.1, 0.15) is 23.0 Å². The highest BCUT2D eigenvalue weighted by Gasteiger charge is 2.34. The highest BCUT2D eigenvalue weighted by molar-refractivity contribution is 5.91. The molecular formula is C24H23FN4O6. The molecule has 1 unspecified atom stereocenters. The number of nitrogens with zero attached hydrogens (tertiary/aromatic N) is 3. The van der Waals surface area contributed by atoms with Crippen LogP contribution in [0, 0.1) is 5.82 Å². The normalized spacial score (nSPS) is 16.3. The zero-order valence-corrected chi connectivity index (χ0v) is 18.5. The van der Waals surface area contributed by atoms with E-state index >= 15 is 0 Å². The maximum atomic E-state index is 13.1. The molecule has 1 aliphatic heterocycles. The van der Waals surface area contributed by atoms with Crippen LogP contribution >= 0.6 is 0 Å². The Kier molecular flexibility index (Phi) is 7.18. The van der Waals surface area contributed by atoms with E-state index in [0.29, 0.717) is 30.0 Å². The number of rotatable bonds is 9. The molecule has 182 valence electrons. The molecule has 4 N–H and O–H groups in total. The quantitative estimate of drug-likeness (QED) is 0.416. The number of hydrogen-bond donors (Lipinski definition) is 3. The number of carbonyl (C=O) groups is 2. The first-order valence-corrected chi connectivity index (χ1v) is 10.8. The molecule has 1 fully saturated rings. The fraction of sp³-hybridized carbons (Fsp3) is 0.250. The van der Waals surface area contributed by atoms with E-state index in [9.17, 15) is 19.1 Å². The molecule has 2 heterocycles. The van der Waals surface area contributed by atoms with Gasteiger partial charge in [0, 0.05) is 31.1 Å². The van der Waals surface area contributed by atoms with Gasteiger partial charge in [-0.3, -0.25) is 9.59 Å². The van der Waals surface area contributed by atoms with Crippen LogP contribution in [-0.4, -0.2) is 68.8 Å². The number of amides is 2. The van der Waals surface area contributed by atoms with Crippen molar-refractivity contribution < 1.29 is 33.7 Å². The Bertz CT molecular complexity index is 1210. The lowest BCUT2D eigenvalue weighted by molar-refractivity contribution is -0.134. The van der Waals surface area contributed by atoms with Crippen LogP contribution in [0.3, 0.4) is 0 Å². The third-order valence-electron chi connectivity index (χ3n) is 5.27. The molecule has 3 aromatic rings. The monoisotopic (exact) mass is 482 g/mol. The second kappa shape index (κ2) is 10.5. The Morgan fingerprint density at radius 2 is 1.80 bits per heavy atom. The number of β-amino-alcohol motifs (C(OH)–C–C–N with tert-alkyl or cyclic N) is 1. The van der Waals surface area contributed by atoms with Gasteiger partial charge >= 0.3 is 0 Å². The average Bonchev–Trinajstić information content (AvgIpc) is 3.19. The van der Waals surface area contributed by atoms with Crippen LogP contribution in [0.25, 0.3) is 11.4 Å². The molecule has 0 radical (unpaired) electrons. The number of aromatic nitrogens is 2. The number of halogens is 1. The lowest BCUT2D eigenvalue weighted by atomic mass is 10.2. The molecule has 2 atom stereocenters. The molecule has 4 rings (SSSR count). The van der Waals surface area contributed by atoms with Crippen molar-refractivity contribution in [2.24, 2.45) is 5.73 Å². The predicted octanol–water partition coefficient (Wildman–Crippen LogP) is 1.51. The molecule has 2 aromatic carbocycles. The highest BCUT2D eigenvalue weighted by atomic mass is 19.1. The van der Waals surface area contributed by atoms with Crippen molar-refractivity contribution >= 4 is 11.8 Å². The Labute approximate surface area is 199 Å². The largest absolute Gasteiger partial charge is 0.464 e. The van der Waals surface area contributed by atoms with Gasteiger partial charge < -0.3 is 30.3 Å². The van der Waals surface area contributed by atoms with Crippen molar-refractivity contribution in [2.75, 3.05) is 19.7 Å². The van der Waals surface area contributed by atoms with Gasteiger partial charge in [0.05, 0.1) is 12.7 Å². The molecule has 0 bridgehead atoms. The molecule has 35 heavy (non-hydrogen) atoms. The Morgan fingerprint density at radius 1 is 1.14 bits per heavy atom. The molecule has 11 heteroatoms. The summed E-state index contributed by atoms with van der Waals surface area (Å²) < 4.78 is 24.5. The number of benzene rings is 2. The van der Waals surface area contributed by atoms with Crippen molar-refractivity contribution in [3.63, 3.8) is 0 Å². The Balaban J connectivity index is 1.52. The molecule has 0 aliphatic carbocycles. The standard InChI is InChI=1S/C24H23FN4O6/c25-15-3-7-18(8-4-15)34-17-5-1-14(2-6-17)23-27-19(22(26)32)11-21(28-23)35-20-9-10-29(24(20)33)12-16(31)13-30/h1-8,11,16,20,30-31H,9-10,12-13H2,(H2,26,32)/t16?,20-/m0/s1. The number of carbonyl (C=O) groups excluding carboxylic acids is 2. The summed E-state index contributed by atoms with van der Waals surface area (Å²) in [5.74, 6) is -0.415. The second-order valence-electron chi connectivity index (χ2n) is 7.88. The number of aliphatic hydroxyl groups excluding tert-OH is 2. The summed E-state index contributed by atoms with van der Waals surface area (Å²) in [6, 6.07) is 13.5. The molecule has 1 aliphatic rings. The van der Waals surface area contributed by atoms with Gasteiger partial charge in [-0.15, -0.1) is 0 Å². The van der Waals surface area contributed by atoms with Crippen molar-refractivity contribution in [3.05, 3.63) is 66.1 Å². The maximum absolute atomic E-state index is 13.1. The van der Waals surface area contributed by atoms with Gasteiger partial charge in [0.2, 0.25) is 5.88 Å². The van der Waals surface area contributed by atoms with E-state index in [4.69, 9.17) is 20.3 Å². The van der Waals surface area contributed by atoms with E-state index in [2.05, 4.69) is 9.97 Å². The van der Waals surface area contributed by atoms with Gasteiger partial charge in [-0.2, -0.15) is 4.98 Å². The highest BCUT2D eigenvalue weighted by Crippen LogP contribution is 2.27. The second-order valence-corrected chi connectivity index (χ2v) is 7.88. The van der Waals surface area contributed by atoms with Crippen molar-refractivity contribution in [3.8, 4) is 28.8 Å². The van der Waals surface area contributed by atoms with Crippen LogP contribution in [-0.2, 0) is 4.79 Å². The average molecular weight is 482 g/mol. The molecule has 2 amide bonds. The van der Waals surface area contributed by atoms with E-state index in [1.54, 1.807) is 24.3 Å². The number of ether oxygens (including phenoxy) is 2. The minimum Gasteiger partial charge on any atom is -0.464 e. The molecular weight excluding hydrogens is 459 g/mol. The van der Waals surface area contributed by atoms with E-state index < -0.39 is 24.7 Å². The van der Waals surface area contributed by atoms with E-state index in [1.807, 2.05) is 0 Å². The number of primary amides is 1. The lowest BCUT2D eigenvalue weighted by Crippen LogP contribution is -2.38. The lowest BCUT2D eigenvalue weighted by Gasteiger charge is -2.19. The summed E-state index contributed by atoms with van der Waals surface area (Å²) in [5.41, 5.74) is 5.87. The number of aliphatic hydroxyl groups is 2. The number of nitrogens with two attached hydrogens (primary N) is 1. The molecule has 0 spiro atoms. The predicted molar refractivity (Wildman–Crippen MR) is 121 cm³/mol. The zero-order chi connectivity index (χ0) is 24.9. The molecule has 1 aromatic heterocycles. The minimum absolute atomic E-state index is 0.00153. The van der Waals surface area contributed by atoms with Gasteiger partial charge in [0.25, 0.3) is 11.8 Å².